The van der Waals surface area contributed by atoms with Gasteiger partial charge in [0, 0.05) is 0 Å². The van der Waals surface area contributed by atoms with Gasteiger partial charge >= 0.3 is 0 Å². The smallest absolute Gasteiger partial charge is 0.120 e. The molecule has 66 valence electrons. The van der Waals surface area contributed by atoms with Gasteiger partial charge in [-0.3, -0.25) is 0 Å². The molecule has 0 saturated carbocycles. The highest BCUT2D eigenvalue weighted by Crippen LogP contribution is 2.15. The summed E-state index contributed by atoms with van der Waals surface area (Å²) in [4.78, 5) is 0. The molecule has 1 aromatic rings. The molecule has 0 atom stereocenters. The van der Waals surface area contributed by atoms with Crippen LogP contribution in [0.15, 0.2) is 24.3 Å². The maximum atomic E-state index is 12.2. The average molecular weight is 168 g/mol. The monoisotopic (exact) mass is 168 g/mol. The summed E-state index contributed by atoms with van der Waals surface area (Å²) in [6.07, 6.45) is 0.139. The van der Waals surface area contributed by atoms with Gasteiger partial charge < -0.3 is 4.74 Å². The number of hydrogen-bond acceptors (Lipinski definition) is 1. The Balaban J connectivity index is 2.72. The molecule has 1 rings (SSSR count). The first-order valence-electron chi connectivity index (χ1n) is 4.04. The highest BCUT2D eigenvalue weighted by atomic mass is 19.1. The molecule has 0 aliphatic heterocycles. The molecule has 1 aromatic carbocycles. The number of benzene rings is 1. The quantitative estimate of drug-likeness (QED) is 0.674. The first-order valence-corrected chi connectivity index (χ1v) is 4.04. The number of halogens is 1. The SMILES string of the molecule is CC(C)Oc1cccc(CF)c1. The Morgan fingerprint density at radius 3 is 2.75 bits per heavy atom. The van der Waals surface area contributed by atoms with Gasteiger partial charge in [0.25, 0.3) is 0 Å². The van der Waals surface area contributed by atoms with Crippen LogP contribution >= 0.6 is 0 Å². The molecule has 0 aliphatic rings. The summed E-state index contributed by atoms with van der Waals surface area (Å²) >= 11 is 0. The molecule has 0 unspecified atom stereocenters. The van der Waals surface area contributed by atoms with Gasteiger partial charge in [0.05, 0.1) is 6.10 Å². The van der Waals surface area contributed by atoms with Crippen molar-refractivity contribution in [1.82, 2.24) is 0 Å². The van der Waals surface area contributed by atoms with Gasteiger partial charge in [0.2, 0.25) is 0 Å². The Hall–Kier alpha value is -1.05. The summed E-state index contributed by atoms with van der Waals surface area (Å²) in [6, 6.07) is 7.10. The number of hydrogen-bond donors (Lipinski definition) is 0. The van der Waals surface area contributed by atoms with E-state index < -0.39 is 6.67 Å². The summed E-state index contributed by atoms with van der Waals surface area (Å²) in [5.41, 5.74) is 0.660. The van der Waals surface area contributed by atoms with Gasteiger partial charge in [-0.25, -0.2) is 4.39 Å². The molecule has 0 radical (unpaired) electrons. The topological polar surface area (TPSA) is 9.23 Å². The van der Waals surface area contributed by atoms with Crippen LogP contribution in [0.4, 0.5) is 4.39 Å². The molecule has 1 nitrogen and oxygen atoms in total. The standard InChI is InChI=1S/C10H13FO/c1-8(2)12-10-5-3-4-9(6-10)7-11/h3-6,8H,7H2,1-2H3. The highest BCUT2D eigenvalue weighted by molar-refractivity contribution is 5.28. The molecule has 12 heavy (non-hydrogen) atoms. The predicted molar refractivity (Wildman–Crippen MR) is 47.0 cm³/mol. The van der Waals surface area contributed by atoms with E-state index in [0.29, 0.717) is 5.56 Å². The second kappa shape index (κ2) is 4.10. The van der Waals surface area contributed by atoms with Crippen LogP contribution in [0, 0.1) is 0 Å². The lowest BCUT2D eigenvalue weighted by molar-refractivity contribution is 0.242. The van der Waals surface area contributed by atoms with Crippen molar-refractivity contribution in [2.75, 3.05) is 0 Å². The summed E-state index contributed by atoms with van der Waals surface area (Å²) in [7, 11) is 0. The van der Waals surface area contributed by atoms with Crippen molar-refractivity contribution >= 4 is 0 Å². The van der Waals surface area contributed by atoms with Crippen molar-refractivity contribution < 1.29 is 9.13 Å². The third-order valence-electron chi connectivity index (χ3n) is 1.42. The first-order chi connectivity index (χ1) is 5.72. The zero-order valence-corrected chi connectivity index (χ0v) is 7.38. The van der Waals surface area contributed by atoms with Crippen LogP contribution < -0.4 is 4.74 Å². The highest BCUT2D eigenvalue weighted by Gasteiger charge is 1.98. The number of rotatable bonds is 3. The zero-order valence-electron chi connectivity index (χ0n) is 7.38. The van der Waals surface area contributed by atoms with Crippen molar-refractivity contribution in [2.45, 2.75) is 26.6 Å². The fraction of sp³-hybridized carbons (Fsp3) is 0.400. The minimum Gasteiger partial charge on any atom is -0.491 e. The number of alkyl halides is 1. The van der Waals surface area contributed by atoms with Crippen LogP contribution in [-0.2, 0) is 6.67 Å². The lowest BCUT2D eigenvalue weighted by Crippen LogP contribution is -2.05. The molecular formula is C10H13FO. The van der Waals surface area contributed by atoms with Crippen molar-refractivity contribution in [3.63, 3.8) is 0 Å². The van der Waals surface area contributed by atoms with E-state index in [-0.39, 0.29) is 6.10 Å². The average Bonchev–Trinajstić information content (AvgIpc) is 2.03. The molecular weight excluding hydrogens is 155 g/mol. The molecule has 2 heteroatoms. The largest absolute Gasteiger partial charge is 0.491 e. The Morgan fingerprint density at radius 1 is 1.42 bits per heavy atom. The van der Waals surface area contributed by atoms with Crippen molar-refractivity contribution in [3.8, 4) is 5.75 Å². The van der Waals surface area contributed by atoms with Crippen LogP contribution in [0.25, 0.3) is 0 Å². The summed E-state index contributed by atoms with van der Waals surface area (Å²) in [5, 5.41) is 0. The fourth-order valence-electron chi connectivity index (χ4n) is 0.974. The van der Waals surface area contributed by atoms with Crippen LogP contribution in [0.2, 0.25) is 0 Å². The molecule has 0 aliphatic carbocycles. The molecule has 0 spiro atoms. The van der Waals surface area contributed by atoms with E-state index in [0.717, 1.165) is 5.75 Å². The molecule has 0 fully saturated rings. The summed E-state index contributed by atoms with van der Waals surface area (Å²) in [5.74, 6) is 0.736. The van der Waals surface area contributed by atoms with Crippen LogP contribution in [0.5, 0.6) is 5.75 Å². The molecule has 0 saturated heterocycles. The van der Waals surface area contributed by atoms with Gasteiger partial charge in [-0.1, -0.05) is 12.1 Å². The lowest BCUT2D eigenvalue weighted by Gasteiger charge is -2.09. The second-order valence-electron chi connectivity index (χ2n) is 2.95. The van der Waals surface area contributed by atoms with E-state index in [1.165, 1.54) is 0 Å². The Bertz CT molecular complexity index is 245. The third-order valence-corrected chi connectivity index (χ3v) is 1.42. The molecule has 0 heterocycles. The summed E-state index contributed by atoms with van der Waals surface area (Å²) < 4.78 is 17.6. The van der Waals surface area contributed by atoms with Gasteiger partial charge in [-0.05, 0) is 31.5 Å². The van der Waals surface area contributed by atoms with Crippen LogP contribution in [0.1, 0.15) is 19.4 Å². The second-order valence-corrected chi connectivity index (χ2v) is 2.95. The van der Waals surface area contributed by atoms with E-state index in [1.807, 2.05) is 19.9 Å². The zero-order chi connectivity index (χ0) is 8.97. The Labute approximate surface area is 72.2 Å². The maximum Gasteiger partial charge on any atom is 0.120 e. The van der Waals surface area contributed by atoms with Crippen LogP contribution in [0.3, 0.4) is 0 Å². The fourth-order valence-corrected chi connectivity index (χ4v) is 0.974. The van der Waals surface area contributed by atoms with E-state index in [4.69, 9.17) is 4.74 Å². The van der Waals surface area contributed by atoms with Crippen LogP contribution in [-0.4, -0.2) is 6.10 Å². The van der Waals surface area contributed by atoms with E-state index in [9.17, 15) is 4.39 Å². The number of ether oxygens (including phenoxy) is 1. The first kappa shape index (κ1) is 9.04. The minimum atomic E-state index is -0.435. The van der Waals surface area contributed by atoms with E-state index in [2.05, 4.69) is 0 Å². The van der Waals surface area contributed by atoms with Gasteiger partial charge in [-0.2, -0.15) is 0 Å². The maximum absolute atomic E-state index is 12.2. The van der Waals surface area contributed by atoms with Gasteiger partial charge in [0.15, 0.2) is 0 Å². The van der Waals surface area contributed by atoms with Crippen molar-refractivity contribution in [1.29, 1.82) is 0 Å². The van der Waals surface area contributed by atoms with Crippen molar-refractivity contribution in [3.05, 3.63) is 29.8 Å². The van der Waals surface area contributed by atoms with E-state index in [1.54, 1.807) is 18.2 Å². The summed E-state index contributed by atoms with van der Waals surface area (Å²) in [6.45, 7) is 3.46. The minimum absolute atomic E-state index is 0.139. The van der Waals surface area contributed by atoms with Crippen molar-refractivity contribution in [2.24, 2.45) is 0 Å². The molecule has 0 bridgehead atoms. The van der Waals surface area contributed by atoms with E-state index >= 15 is 0 Å². The molecule has 0 amide bonds. The normalized spacial score (nSPS) is 10.3. The third kappa shape index (κ3) is 2.53. The van der Waals surface area contributed by atoms with Gasteiger partial charge in [0.1, 0.15) is 12.4 Å². The molecule has 0 aromatic heterocycles. The Kier molecular flexibility index (Phi) is 3.09. The lowest BCUT2D eigenvalue weighted by atomic mass is 10.2. The molecule has 0 N–H and O–H groups in total. The van der Waals surface area contributed by atoms with Gasteiger partial charge in [-0.15, -0.1) is 0 Å². The Morgan fingerprint density at radius 2 is 2.17 bits per heavy atom. The predicted octanol–water partition coefficient (Wildman–Crippen LogP) is 2.94.